The molecular formula is C13H18O3. The summed E-state index contributed by atoms with van der Waals surface area (Å²) in [6.45, 7) is 2.57. The Labute approximate surface area is 96.1 Å². The molecule has 0 saturated heterocycles. The van der Waals surface area contributed by atoms with Crippen molar-refractivity contribution in [2.24, 2.45) is 5.92 Å². The predicted molar refractivity (Wildman–Crippen MR) is 62.2 cm³/mol. The smallest absolute Gasteiger partial charge is 0.338 e. The standard InChI is InChI=1S/C13H18O3/c1-11(10-14)6-5-9-16-13(15)12-7-3-2-4-8-12/h2-4,7-8,11,14H,5-6,9-10H2,1H3. The van der Waals surface area contributed by atoms with Crippen molar-refractivity contribution in [1.29, 1.82) is 0 Å². The lowest BCUT2D eigenvalue weighted by Crippen LogP contribution is -2.08. The zero-order valence-corrected chi connectivity index (χ0v) is 9.56. The number of aliphatic hydroxyl groups excluding tert-OH is 1. The van der Waals surface area contributed by atoms with Crippen LogP contribution in [0.15, 0.2) is 30.3 Å². The lowest BCUT2D eigenvalue weighted by atomic mass is 10.1. The maximum absolute atomic E-state index is 11.5. The molecule has 0 spiro atoms. The first-order valence-electron chi connectivity index (χ1n) is 5.57. The topological polar surface area (TPSA) is 46.5 Å². The van der Waals surface area contributed by atoms with Gasteiger partial charge in [0.05, 0.1) is 12.2 Å². The molecule has 1 unspecified atom stereocenters. The molecule has 0 aliphatic carbocycles. The van der Waals surface area contributed by atoms with Gasteiger partial charge in [0.15, 0.2) is 0 Å². The van der Waals surface area contributed by atoms with Gasteiger partial charge in [-0.15, -0.1) is 0 Å². The summed E-state index contributed by atoms with van der Waals surface area (Å²) < 4.78 is 5.10. The average Bonchev–Trinajstić information content (AvgIpc) is 2.35. The van der Waals surface area contributed by atoms with Crippen LogP contribution < -0.4 is 0 Å². The van der Waals surface area contributed by atoms with Crippen molar-refractivity contribution in [2.75, 3.05) is 13.2 Å². The van der Waals surface area contributed by atoms with Gasteiger partial charge in [-0.05, 0) is 30.9 Å². The van der Waals surface area contributed by atoms with Gasteiger partial charge in [0.2, 0.25) is 0 Å². The number of hydrogen-bond acceptors (Lipinski definition) is 3. The van der Waals surface area contributed by atoms with E-state index in [-0.39, 0.29) is 18.5 Å². The molecule has 0 aromatic heterocycles. The number of esters is 1. The zero-order chi connectivity index (χ0) is 11.8. The SMILES string of the molecule is CC(CO)CCCOC(=O)c1ccccc1. The number of aliphatic hydroxyl groups is 1. The van der Waals surface area contributed by atoms with Gasteiger partial charge in [-0.25, -0.2) is 4.79 Å². The normalized spacial score (nSPS) is 12.1. The molecule has 0 heterocycles. The zero-order valence-electron chi connectivity index (χ0n) is 9.56. The summed E-state index contributed by atoms with van der Waals surface area (Å²) in [5.74, 6) is -0.00678. The molecule has 0 aliphatic rings. The van der Waals surface area contributed by atoms with Crippen LogP contribution in [0.25, 0.3) is 0 Å². The minimum absolute atomic E-state index is 0.187. The molecule has 1 aromatic carbocycles. The Morgan fingerprint density at radius 3 is 2.69 bits per heavy atom. The van der Waals surface area contributed by atoms with Gasteiger partial charge in [0, 0.05) is 6.61 Å². The van der Waals surface area contributed by atoms with Crippen LogP contribution in [0.1, 0.15) is 30.1 Å². The molecule has 0 saturated carbocycles. The van der Waals surface area contributed by atoms with E-state index in [2.05, 4.69) is 0 Å². The lowest BCUT2D eigenvalue weighted by molar-refractivity contribution is 0.0491. The number of benzene rings is 1. The molecule has 16 heavy (non-hydrogen) atoms. The second-order valence-corrected chi connectivity index (χ2v) is 3.93. The van der Waals surface area contributed by atoms with E-state index >= 15 is 0 Å². The van der Waals surface area contributed by atoms with Crippen LogP contribution >= 0.6 is 0 Å². The molecule has 0 aliphatic heterocycles. The van der Waals surface area contributed by atoms with Crippen molar-refractivity contribution < 1.29 is 14.6 Å². The summed E-state index contributed by atoms with van der Waals surface area (Å²) in [7, 11) is 0. The maximum atomic E-state index is 11.5. The summed E-state index contributed by atoms with van der Waals surface area (Å²) in [6, 6.07) is 8.95. The molecule has 88 valence electrons. The minimum atomic E-state index is -0.280. The molecular weight excluding hydrogens is 204 g/mol. The van der Waals surface area contributed by atoms with Gasteiger partial charge in [0.25, 0.3) is 0 Å². The Kier molecular flexibility index (Phi) is 5.57. The van der Waals surface area contributed by atoms with Crippen LogP contribution in [0.2, 0.25) is 0 Å². The van der Waals surface area contributed by atoms with Crippen LogP contribution in [-0.4, -0.2) is 24.3 Å². The molecule has 1 atom stereocenters. The number of carbonyl (C=O) groups is 1. The first-order valence-corrected chi connectivity index (χ1v) is 5.57. The first kappa shape index (κ1) is 12.7. The van der Waals surface area contributed by atoms with E-state index in [1.807, 2.05) is 25.1 Å². The molecule has 1 rings (SSSR count). The fourth-order valence-corrected chi connectivity index (χ4v) is 1.35. The average molecular weight is 222 g/mol. The molecule has 3 heteroatoms. The number of hydrogen-bond donors (Lipinski definition) is 1. The summed E-state index contributed by atoms with van der Waals surface area (Å²) in [4.78, 5) is 11.5. The minimum Gasteiger partial charge on any atom is -0.462 e. The molecule has 3 nitrogen and oxygen atoms in total. The van der Waals surface area contributed by atoms with Crippen LogP contribution in [0, 0.1) is 5.92 Å². The monoisotopic (exact) mass is 222 g/mol. The quantitative estimate of drug-likeness (QED) is 0.593. The fourth-order valence-electron chi connectivity index (χ4n) is 1.35. The van der Waals surface area contributed by atoms with E-state index in [1.165, 1.54) is 0 Å². The highest BCUT2D eigenvalue weighted by molar-refractivity contribution is 5.89. The molecule has 1 N–H and O–H groups in total. The van der Waals surface area contributed by atoms with Crippen molar-refractivity contribution in [3.63, 3.8) is 0 Å². The van der Waals surface area contributed by atoms with Gasteiger partial charge in [-0.3, -0.25) is 0 Å². The molecule has 0 amide bonds. The third-order valence-electron chi connectivity index (χ3n) is 2.40. The van der Waals surface area contributed by atoms with E-state index < -0.39 is 0 Å². The Balaban J connectivity index is 2.21. The molecule has 0 bridgehead atoms. The van der Waals surface area contributed by atoms with Crippen LogP contribution in [0.5, 0.6) is 0 Å². The fraction of sp³-hybridized carbons (Fsp3) is 0.462. The van der Waals surface area contributed by atoms with E-state index in [0.717, 1.165) is 12.8 Å². The van der Waals surface area contributed by atoms with Crippen LogP contribution in [0.4, 0.5) is 0 Å². The number of ether oxygens (including phenoxy) is 1. The molecule has 0 fully saturated rings. The highest BCUT2D eigenvalue weighted by Gasteiger charge is 2.06. The van der Waals surface area contributed by atoms with Crippen molar-refractivity contribution in [3.05, 3.63) is 35.9 Å². The van der Waals surface area contributed by atoms with Crippen molar-refractivity contribution in [2.45, 2.75) is 19.8 Å². The lowest BCUT2D eigenvalue weighted by Gasteiger charge is -2.08. The van der Waals surface area contributed by atoms with Crippen molar-refractivity contribution in [3.8, 4) is 0 Å². The highest BCUT2D eigenvalue weighted by Crippen LogP contribution is 2.06. The van der Waals surface area contributed by atoms with E-state index in [4.69, 9.17) is 9.84 Å². The second kappa shape index (κ2) is 7.01. The van der Waals surface area contributed by atoms with Gasteiger partial charge < -0.3 is 9.84 Å². The van der Waals surface area contributed by atoms with E-state index in [9.17, 15) is 4.79 Å². The van der Waals surface area contributed by atoms with Crippen molar-refractivity contribution in [1.82, 2.24) is 0 Å². The van der Waals surface area contributed by atoms with Crippen molar-refractivity contribution >= 4 is 5.97 Å². The van der Waals surface area contributed by atoms with Gasteiger partial charge >= 0.3 is 5.97 Å². The summed E-state index contributed by atoms with van der Waals surface area (Å²) in [5, 5.41) is 8.81. The number of carbonyl (C=O) groups excluding carboxylic acids is 1. The maximum Gasteiger partial charge on any atom is 0.338 e. The summed E-state index contributed by atoms with van der Waals surface area (Å²) >= 11 is 0. The van der Waals surface area contributed by atoms with Crippen LogP contribution in [-0.2, 0) is 4.74 Å². The van der Waals surface area contributed by atoms with Gasteiger partial charge in [-0.1, -0.05) is 25.1 Å². The van der Waals surface area contributed by atoms with E-state index in [0.29, 0.717) is 12.2 Å². The largest absolute Gasteiger partial charge is 0.462 e. The Hall–Kier alpha value is -1.35. The van der Waals surface area contributed by atoms with Gasteiger partial charge in [-0.2, -0.15) is 0 Å². The Morgan fingerprint density at radius 1 is 1.38 bits per heavy atom. The molecule has 0 radical (unpaired) electrons. The highest BCUT2D eigenvalue weighted by atomic mass is 16.5. The first-order chi connectivity index (χ1) is 7.74. The van der Waals surface area contributed by atoms with Gasteiger partial charge in [0.1, 0.15) is 0 Å². The van der Waals surface area contributed by atoms with E-state index in [1.54, 1.807) is 12.1 Å². The second-order valence-electron chi connectivity index (χ2n) is 3.93. The Bertz CT molecular complexity index is 308. The third kappa shape index (κ3) is 4.45. The third-order valence-corrected chi connectivity index (χ3v) is 2.40. The van der Waals surface area contributed by atoms with Crippen LogP contribution in [0.3, 0.4) is 0 Å². The predicted octanol–water partition coefficient (Wildman–Crippen LogP) is 2.25. The molecule has 1 aromatic rings. The summed E-state index contributed by atoms with van der Waals surface area (Å²) in [6.07, 6.45) is 1.67. The Morgan fingerprint density at radius 2 is 2.06 bits per heavy atom. The summed E-state index contributed by atoms with van der Waals surface area (Å²) in [5.41, 5.74) is 0.581. The number of rotatable bonds is 6.